The molecule has 0 aliphatic carbocycles. The van der Waals surface area contributed by atoms with Crippen LogP contribution in [0.15, 0.2) is 42.5 Å². The SMILES string of the molecule is CNC(=O)c1ccc(NC2c3cc(C4CCOCC4)ccc3N(C(C)=O)[C@@H](C)[C@@H]2C)cc1. The molecule has 2 aromatic rings. The summed E-state index contributed by atoms with van der Waals surface area (Å²) in [6, 6.07) is 14.3. The van der Waals surface area contributed by atoms with Gasteiger partial charge >= 0.3 is 0 Å². The van der Waals surface area contributed by atoms with Crippen molar-refractivity contribution in [2.75, 3.05) is 30.5 Å². The highest BCUT2D eigenvalue weighted by atomic mass is 16.5. The van der Waals surface area contributed by atoms with Gasteiger partial charge < -0.3 is 20.3 Å². The normalized spacial score (nSPS) is 23.4. The van der Waals surface area contributed by atoms with Crippen LogP contribution in [-0.4, -0.2) is 38.1 Å². The van der Waals surface area contributed by atoms with E-state index in [0.29, 0.717) is 11.5 Å². The molecule has 2 aromatic carbocycles. The van der Waals surface area contributed by atoms with E-state index < -0.39 is 0 Å². The highest BCUT2D eigenvalue weighted by molar-refractivity contribution is 5.95. The smallest absolute Gasteiger partial charge is 0.251 e. The quantitative estimate of drug-likeness (QED) is 0.743. The first kappa shape index (κ1) is 22.3. The van der Waals surface area contributed by atoms with E-state index in [-0.39, 0.29) is 29.8 Å². The van der Waals surface area contributed by atoms with Crippen molar-refractivity contribution in [2.45, 2.75) is 51.6 Å². The van der Waals surface area contributed by atoms with E-state index in [0.717, 1.165) is 43.0 Å². The summed E-state index contributed by atoms with van der Waals surface area (Å²) < 4.78 is 5.55. The van der Waals surface area contributed by atoms with Crippen LogP contribution in [0.1, 0.15) is 67.1 Å². The van der Waals surface area contributed by atoms with Crippen molar-refractivity contribution >= 4 is 23.2 Å². The van der Waals surface area contributed by atoms with E-state index in [2.05, 4.69) is 42.7 Å². The van der Waals surface area contributed by atoms with Crippen LogP contribution >= 0.6 is 0 Å². The van der Waals surface area contributed by atoms with Crippen molar-refractivity contribution in [2.24, 2.45) is 5.92 Å². The molecule has 0 radical (unpaired) electrons. The molecule has 6 heteroatoms. The molecule has 32 heavy (non-hydrogen) atoms. The molecule has 0 saturated carbocycles. The summed E-state index contributed by atoms with van der Waals surface area (Å²) in [5.41, 5.74) is 5.05. The molecule has 2 N–H and O–H groups in total. The number of amides is 2. The van der Waals surface area contributed by atoms with Gasteiger partial charge in [0.2, 0.25) is 5.91 Å². The van der Waals surface area contributed by atoms with Crippen molar-refractivity contribution < 1.29 is 14.3 Å². The van der Waals surface area contributed by atoms with Crippen molar-refractivity contribution in [3.63, 3.8) is 0 Å². The van der Waals surface area contributed by atoms with Crippen LogP contribution in [0, 0.1) is 5.92 Å². The zero-order valence-corrected chi connectivity index (χ0v) is 19.4. The van der Waals surface area contributed by atoms with E-state index in [9.17, 15) is 9.59 Å². The molecule has 0 bridgehead atoms. The molecule has 0 spiro atoms. The summed E-state index contributed by atoms with van der Waals surface area (Å²) in [4.78, 5) is 26.4. The Kier molecular flexibility index (Phi) is 6.51. The fraction of sp³-hybridized carbons (Fsp3) is 0.462. The molecule has 2 aliphatic heterocycles. The van der Waals surface area contributed by atoms with Gasteiger partial charge in [0.25, 0.3) is 5.91 Å². The summed E-state index contributed by atoms with van der Waals surface area (Å²) in [6.07, 6.45) is 2.06. The molecule has 0 aromatic heterocycles. The first-order valence-electron chi connectivity index (χ1n) is 11.5. The van der Waals surface area contributed by atoms with Gasteiger partial charge in [-0.2, -0.15) is 0 Å². The molecule has 170 valence electrons. The topological polar surface area (TPSA) is 70.7 Å². The highest BCUT2D eigenvalue weighted by Gasteiger charge is 2.38. The Morgan fingerprint density at radius 2 is 1.72 bits per heavy atom. The monoisotopic (exact) mass is 435 g/mol. The summed E-state index contributed by atoms with van der Waals surface area (Å²) in [6.45, 7) is 7.55. The molecule has 6 nitrogen and oxygen atoms in total. The van der Waals surface area contributed by atoms with Crippen LogP contribution in [0.25, 0.3) is 0 Å². The molecule has 3 atom stereocenters. The molecule has 2 amide bonds. The van der Waals surface area contributed by atoms with Gasteiger partial charge in [0.15, 0.2) is 0 Å². The Labute approximate surface area is 190 Å². The minimum atomic E-state index is -0.0974. The Morgan fingerprint density at radius 3 is 2.34 bits per heavy atom. The van der Waals surface area contributed by atoms with Gasteiger partial charge in [-0.15, -0.1) is 0 Å². The second-order valence-corrected chi connectivity index (χ2v) is 8.97. The summed E-state index contributed by atoms with van der Waals surface area (Å²) in [7, 11) is 1.63. The maximum atomic E-state index is 12.6. The van der Waals surface area contributed by atoms with Gasteiger partial charge in [0, 0.05) is 56.1 Å². The third kappa shape index (κ3) is 4.24. The Balaban J connectivity index is 1.70. The molecular formula is C26H33N3O3. The second-order valence-electron chi connectivity index (χ2n) is 8.97. The van der Waals surface area contributed by atoms with Crippen molar-refractivity contribution in [1.82, 2.24) is 5.32 Å². The predicted octanol–water partition coefficient (Wildman–Crippen LogP) is 4.48. The molecule has 1 unspecified atom stereocenters. The van der Waals surface area contributed by atoms with Gasteiger partial charge in [0.05, 0.1) is 6.04 Å². The average molecular weight is 436 g/mol. The second kappa shape index (κ2) is 9.33. The molecule has 2 aliphatic rings. The third-order valence-electron chi connectivity index (χ3n) is 7.07. The standard InChI is InChI=1S/C26H33N3O3/c1-16-17(2)29(18(3)30)24-10-7-21(19-11-13-32-14-12-19)15-23(24)25(16)28-22-8-5-20(6-9-22)26(31)27-4/h5-10,15-17,19,25,28H,11-14H2,1-4H3,(H,27,31)/t16-,17-,25?/m0/s1. The lowest BCUT2D eigenvalue weighted by Gasteiger charge is -2.44. The number of anilines is 2. The number of benzene rings is 2. The lowest BCUT2D eigenvalue weighted by atomic mass is 9.80. The number of hydrogen-bond donors (Lipinski definition) is 2. The Bertz CT molecular complexity index is 982. The Hall–Kier alpha value is -2.86. The fourth-order valence-electron chi connectivity index (χ4n) is 5.05. The van der Waals surface area contributed by atoms with Gasteiger partial charge in [-0.1, -0.05) is 19.1 Å². The minimum absolute atomic E-state index is 0.0567. The number of ether oxygens (including phenoxy) is 1. The molecule has 1 fully saturated rings. The summed E-state index contributed by atoms with van der Waals surface area (Å²) >= 11 is 0. The number of fused-ring (bicyclic) bond motifs is 1. The molecule has 4 rings (SSSR count). The van der Waals surface area contributed by atoms with Crippen LogP contribution in [-0.2, 0) is 9.53 Å². The lowest BCUT2D eigenvalue weighted by Crippen LogP contribution is -2.48. The van der Waals surface area contributed by atoms with Crippen molar-refractivity contribution in [1.29, 1.82) is 0 Å². The van der Waals surface area contributed by atoms with E-state index in [1.54, 1.807) is 14.0 Å². The summed E-state index contributed by atoms with van der Waals surface area (Å²) in [5, 5.41) is 6.35. The average Bonchev–Trinajstić information content (AvgIpc) is 2.82. The van der Waals surface area contributed by atoms with Gasteiger partial charge in [-0.05, 0) is 67.1 Å². The fourth-order valence-corrected chi connectivity index (χ4v) is 5.05. The van der Waals surface area contributed by atoms with Crippen molar-refractivity contribution in [3.05, 3.63) is 59.2 Å². The third-order valence-corrected chi connectivity index (χ3v) is 7.07. The van der Waals surface area contributed by atoms with E-state index in [1.165, 1.54) is 5.56 Å². The summed E-state index contributed by atoms with van der Waals surface area (Å²) in [5.74, 6) is 0.662. The van der Waals surface area contributed by atoms with E-state index in [1.807, 2.05) is 29.2 Å². The van der Waals surface area contributed by atoms with Crippen LogP contribution < -0.4 is 15.5 Å². The predicted molar refractivity (Wildman–Crippen MR) is 127 cm³/mol. The van der Waals surface area contributed by atoms with E-state index in [4.69, 9.17) is 4.74 Å². The number of hydrogen-bond acceptors (Lipinski definition) is 4. The number of carbonyl (C=O) groups excluding carboxylic acids is 2. The number of carbonyl (C=O) groups is 2. The van der Waals surface area contributed by atoms with Crippen LogP contribution in [0.3, 0.4) is 0 Å². The highest BCUT2D eigenvalue weighted by Crippen LogP contribution is 2.44. The van der Waals surface area contributed by atoms with Gasteiger partial charge in [0.1, 0.15) is 0 Å². The Morgan fingerprint density at radius 1 is 1.03 bits per heavy atom. The van der Waals surface area contributed by atoms with E-state index >= 15 is 0 Å². The number of rotatable bonds is 4. The van der Waals surface area contributed by atoms with Gasteiger partial charge in [-0.25, -0.2) is 0 Å². The molecule has 1 saturated heterocycles. The maximum absolute atomic E-state index is 12.6. The van der Waals surface area contributed by atoms with Gasteiger partial charge in [-0.3, -0.25) is 9.59 Å². The minimum Gasteiger partial charge on any atom is -0.381 e. The van der Waals surface area contributed by atoms with Crippen LogP contribution in [0.5, 0.6) is 0 Å². The largest absolute Gasteiger partial charge is 0.381 e. The number of nitrogens with zero attached hydrogens (tertiary/aromatic N) is 1. The number of nitrogens with one attached hydrogen (secondary N) is 2. The first-order valence-corrected chi connectivity index (χ1v) is 11.5. The maximum Gasteiger partial charge on any atom is 0.251 e. The lowest BCUT2D eigenvalue weighted by molar-refractivity contribution is -0.117. The van der Waals surface area contributed by atoms with Crippen LogP contribution in [0.2, 0.25) is 0 Å². The zero-order valence-electron chi connectivity index (χ0n) is 19.4. The zero-order chi connectivity index (χ0) is 22.8. The van der Waals surface area contributed by atoms with Crippen LogP contribution in [0.4, 0.5) is 11.4 Å². The molecular weight excluding hydrogens is 402 g/mol. The first-order chi connectivity index (χ1) is 15.4. The molecule has 2 heterocycles. The van der Waals surface area contributed by atoms with Crippen molar-refractivity contribution in [3.8, 4) is 0 Å².